The van der Waals surface area contributed by atoms with Crippen molar-refractivity contribution < 1.29 is 23.1 Å². The first-order valence-corrected chi connectivity index (χ1v) is 9.69. The first-order chi connectivity index (χ1) is 14.9. The van der Waals surface area contributed by atoms with Crippen LogP contribution in [0.4, 0.5) is 4.39 Å². The maximum Gasteiger partial charge on any atom is 0.352 e. The lowest BCUT2D eigenvalue weighted by atomic mass is 10.0. The summed E-state index contributed by atoms with van der Waals surface area (Å²) in [5.41, 5.74) is 1.44. The zero-order chi connectivity index (χ0) is 22.0. The predicted octanol–water partition coefficient (Wildman–Crippen LogP) is 5.28. The maximum atomic E-state index is 13.0. The summed E-state index contributed by atoms with van der Waals surface area (Å²) < 4.78 is 29.7. The van der Waals surface area contributed by atoms with Crippen molar-refractivity contribution in [1.29, 1.82) is 0 Å². The van der Waals surface area contributed by atoms with Gasteiger partial charge in [-0.3, -0.25) is 4.79 Å². The zero-order valence-corrected chi connectivity index (χ0v) is 16.9. The highest BCUT2D eigenvalue weighted by atomic mass is 19.1. The topological polar surface area (TPSA) is 65.7 Å². The molecule has 0 N–H and O–H groups in total. The molecule has 156 valence electrons. The minimum absolute atomic E-state index is 0.157. The molecule has 0 radical (unpaired) electrons. The van der Waals surface area contributed by atoms with Crippen LogP contribution < -0.4 is 14.9 Å². The standard InChI is InChI=1S/C25H19FO5/c1-15-23(17-6-4-3-5-7-17)24(27)21-13-12-20(14-22(21)30-15)31-25(28)16(2)29-19-10-8-18(26)9-11-19/h3-14,16H,1-2H3. The van der Waals surface area contributed by atoms with Crippen molar-refractivity contribution in [2.75, 3.05) is 0 Å². The molecule has 0 saturated heterocycles. The van der Waals surface area contributed by atoms with Crippen LogP contribution in [-0.4, -0.2) is 12.1 Å². The first-order valence-electron chi connectivity index (χ1n) is 9.69. The van der Waals surface area contributed by atoms with E-state index in [1.165, 1.54) is 43.3 Å². The van der Waals surface area contributed by atoms with Gasteiger partial charge >= 0.3 is 5.97 Å². The van der Waals surface area contributed by atoms with Gasteiger partial charge in [0.2, 0.25) is 5.43 Å². The minimum atomic E-state index is -0.921. The molecular formula is C25H19FO5. The second-order valence-electron chi connectivity index (χ2n) is 7.02. The largest absolute Gasteiger partial charge is 0.479 e. The molecule has 0 amide bonds. The lowest BCUT2D eigenvalue weighted by Crippen LogP contribution is -2.28. The third-order valence-corrected chi connectivity index (χ3v) is 4.78. The third-order valence-electron chi connectivity index (χ3n) is 4.78. The Labute approximate surface area is 177 Å². The van der Waals surface area contributed by atoms with Gasteiger partial charge in [0.25, 0.3) is 0 Å². The van der Waals surface area contributed by atoms with Crippen molar-refractivity contribution in [3.8, 4) is 22.6 Å². The first kappa shape index (κ1) is 20.3. The summed E-state index contributed by atoms with van der Waals surface area (Å²) in [6, 6.07) is 19.2. The number of aryl methyl sites for hydroxylation is 1. The summed E-state index contributed by atoms with van der Waals surface area (Å²) in [6.07, 6.45) is -0.921. The molecule has 1 atom stereocenters. The molecule has 0 aliphatic rings. The van der Waals surface area contributed by atoms with Crippen LogP contribution in [0.2, 0.25) is 0 Å². The molecule has 0 aliphatic heterocycles. The van der Waals surface area contributed by atoms with E-state index in [1.807, 2.05) is 30.3 Å². The Morgan fingerprint density at radius 1 is 0.968 bits per heavy atom. The summed E-state index contributed by atoms with van der Waals surface area (Å²) in [5.74, 6) is 0.0104. The molecule has 4 aromatic rings. The highest BCUT2D eigenvalue weighted by molar-refractivity contribution is 5.85. The number of rotatable bonds is 5. The summed E-state index contributed by atoms with van der Waals surface area (Å²) in [6.45, 7) is 3.25. The Morgan fingerprint density at radius 3 is 2.35 bits per heavy atom. The molecule has 0 aliphatic carbocycles. The van der Waals surface area contributed by atoms with Crippen LogP contribution in [0.15, 0.2) is 82.0 Å². The second-order valence-corrected chi connectivity index (χ2v) is 7.02. The molecular weight excluding hydrogens is 399 g/mol. The summed E-state index contributed by atoms with van der Waals surface area (Å²) >= 11 is 0. The summed E-state index contributed by atoms with van der Waals surface area (Å²) in [4.78, 5) is 25.4. The summed E-state index contributed by atoms with van der Waals surface area (Å²) in [5, 5.41) is 0.389. The van der Waals surface area contributed by atoms with E-state index in [2.05, 4.69) is 0 Å². The van der Waals surface area contributed by atoms with Crippen LogP contribution in [0.5, 0.6) is 11.5 Å². The number of benzene rings is 3. The molecule has 3 aromatic carbocycles. The van der Waals surface area contributed by atoms with E-state index in [0.29, 0.717) is 28.0 Å². The van der Waals surface area contributed by atoms with Gasteiger partial charge in [-0.1, -0.05) is 30.3 Å². The van der Waals surface area contributed by atoms with Crippen molar-refractivity contribution in [2.45, 2.75) is 20.0 Å². The normalized spacial score (nSPS) is 11.8. The van der Waals surface area contributed by atoms with E-state index in [0.717, 1.165) is 5.56 Å². The van der Waals surface area contributed by atoms with Crippen molar-refractivity contribution in [3.63, 3.8) is 0 Å². The number of carbonyl (C=O) groups excluding carboxylic acids is 1. The molecule has 4 rings (SSSR count). The van der Waals surface area contributed by atoms with Gasteiger partial charge in [-0.05, 0) is 55.8 Å². The molecule has 6 heteroatoms. The number of halogens is 1. The van der Waals surface area contributed by atoms with Gasteiger partial charge in [-0.15, -0.1) is 0 Å². The highest BCUT2D eigenvalue weighted by Crippen LogP contribution is 2.26. The third kappa shape index (κ3) is 4.33. The van der Waals surface area contributed by atoms with Crippen LogP contribution in [0.3, 0.4) is 0 Å². The smallest absolute Gasteiger partial charge is 0.352 e. The second kappa shape index (κ2) is 8.44. The van der Waals surface area contributed by atoms with Crippen LogP contribution in [0.1, 0.15) is 12.7 Å². The fraction of sp³-hybridized carbons (Fsp3) is 0.120. The van der Waals surface area contributed by atoms with Crippen LogP contribution >= 0.6 is 0 Å². The molecule has 1 heterocycles. The lowest BCUT2D eigenvalue weighted by Gasteiger charge is -2.14. The molecule has 0 saturated carbocycles. The number of hydrogen-bond acceptors (Lipinski definition) is 5. The Hall–Kier alpha value is -3.93. The van der Waals surface area contributed by atoms with E-state index in [4.69, 9.17) is 13.9 Å². The molecule has 5 nitrogen and oxygen atoms in total. The fourth-order valence-electron chi connectivity index (χ4n) is 3.25. The van der Waals surface area contributed by atoms with Gasteiger partial charge in [-0.25, -0.2) is 9.18 Å². The van der Waals surface area contributed by atoms with Crippen molar-refractivity contribution in [3.05, 3.63) is 94.6 Å². The van der Waals surface area contributed by atoms with Crippen molar-refractivity contribution in [2.24, 2.45) is 0 Å². The fourth-order valence-corrected chi connectivity index (χ4v) is 3.25. The Kier molecular flexibility index (Phi) is 5.54. The predicted molar refractivity (Wildman–Crippen MR) is 115 cm³/mol. The molecule has 31 heavy (non-hydrogen) atoms. The monoisotopic (exact) mass is 418 g/mol. The van der Waals surface area contributed by atoms with E-state index in [1.54, 1.807) is 13.0 Å². The van der Waals surface area contributed by atoms with Crippen LogP contribution in [-0.2, 0) is 4.79 Å². The van der Waals surface area contributed by atoms with Crippen LogP contribution in [0.25, 0.3) is 22.1 Å². The van der Waals surface area contributed by atoms with Gasteiger partial charge in [0.15, 0.2) is 6.10 Å². The Morgan fingerprint density at radius 2 is 1.65 bits per heavy atom. The van der Waals surface area contributed by atoms with Gasteiger partial charge in [0.05, 0.1) is 10.9 Å². The number of ether oxygens (including phenoxy) is 2. The quantitative estimate of drug-likeness (QED) is 0.326. The van der Waals surface area contributed by atoms with Crippen LogP contribution in [0, 0.1) is 12.7 Å². The molecule has 0 bridgehead atoms. The average Bonchev–Trinajstić information content (AvgIpc) is 2.76. The number of hydrogen-bond donors (Lipinski definition) is 0. The zero-order valence-electron chi connectivity index (χ0n) is 16.9. The SMILES string of the molecule is Cc1oc2cc(OC(=O)C(C)Oc3ccc(F)cc3)ccc2c(=O)c1-c1ccccc1. The molecule has 0 fully saturated rings. The number of carbonyl (C=O) groups is 1. The Bertz CT molecular complexity index is 1290. The number of esters is 1. The van der Waals surface area contributed by atoms with Gasteiger partial charge in [0.1, 0.15) is 28.7 Å². The maximum absolute atomic E-state index is 13.0. The van der Waals surface area contributed by atoms with Crippen molar-refractivity contribution in [1.82, 2.24) is 0 Å². The van der Waals surface area contributed by atoms with Crippen molar-refractivity contribution >= 4 is 16.9 Å². The Balaban J connectivity index is 1.57. The van der Waals surface area contributed by atoms with E-state index in [-0.39, 0.29) is 11.2 Å². The van der Waals surface area contributed by atoms with E-state index in [9.17, 15) is 14.0 Å². The minimum Gasteiger partial charge on any atom is -0.479 e. The van der Waals surface area contributed by atoms with E-state index < -0.39 is 17.9 Å². The summed E-state index contributed by atoms with van der Waals surface area (Å²) in [7, 11) is 0. The lowest BCUT2D eigenvalue weighted by molar-refractivity contribution is -0.141. The van der Waals surface area contributed by atoms with Gasteiger partial charge < -0.3 is 13.9 Å². The average molecular weight is 418 g/mol. The molecule has 1 aromatic heterocycles. The molecule has 1 unspecified atom stereocenters. The molecule has 0 spiro atoms. The van der Waals surface area contributed by atoms with Gasteiger partial charge in [0, 0.05) is 6.07 Å². The van der Waals surface area contributed by atoms with E-state index >= 15 is 0 Å². The highest BCUT2D eigenvalue weighted by Gasteiger charge is 2.19. The van der Waals surface area contributed by atoms with Gasteiger partial charge in [-0.2, -0.15) is 0 Å². The number of fused-ring (bicyclic) bond motifs is 1.